The first kappa shape index (κ1) is 15.1. The maximum absolute atomic E-state index is 13.5. The lowest BCUT2D eigenvalue weighted by Gasteiger charge is -2.12. The molecule has 8 heteroatoms. The van der Waals surface area contributed by atoms with Gasteiger partial charge in [-0.15, -0.1) is 0 Å². The lowest BCUT2D eigenvalue weighted by Crippen LogP contribution is -2.02. The molecule has 1 aromatic carbocycles. The van der Waals surface area contributed by atoms with Gasteiger partial charge in [-0.3, -0.25) is 0 Å². The van der Waals surface area contributed by atoms with Crippen molar-refractivity contribution in [3.05, 3.63) is 44.7 Å². The second-order valence-corrected chi connectivity index (χ2v) is 5.39. The van der Waals surface area contributed by atoms with Crippen LogP contribution in [0.25, 0.3) is 0 Å². The van der Waals surface area contributed by atoms with Crippen LogP contribution in [0, 0.1) is 17.6 Å². The molecule has 106 valence electrons. The third-order valence-corrected chi connectivity index (χ3v) is 3.66. The number of hydrogen-bond donors (Lipinski definition) is 1. The van der Waals surface area contributed by atoms with E-state index in [0.717, 1.165) is 0 Å². The summed E-state index contributed by atoms with van der Waals surface area (Å²) in [6, 6.07) is 3.64. The molecule has 0 amide bonds. The lowest BCUT2D eigenvalue weighted by atomic mass is 10.3. The van der Waals surface area contributed by atoms with Crippen LogP contribution in [0.15, 0.2) is 27.1 Å². The Bertz CT molecular complexity index is 668. The van der Waals surface area contributed by atoms with Crippen LogP contribution in [0.4, 0.5) is 24.7 Å². The van der Waals surface area contributed by atoms with E-state index in [9.17, 15) is 13.2 Å². The number of ether oxygens (including phenoxy) is 1. The van der Waals surface area contributed by atoms with Gasteiger partial charge in [0.2, 0.25) is 0 Å². The van der Waals surface area contributed by atoms with Crippen molar-refractivity contribution in [3.63, 3.8) is 0 Å². The summed E-state index contributed by atoms with van der Waals surface area (Å²) in [5.74, 6) is -3.67. The summed E-state index contributed by atoms with van der Waals surface area (Å²) < 4.78 is 45.7. The Morgan fingerprint density at radius 2 is 1.75 bits per heavy atom. The highest BCUT2D eigenvalue weighted by Crippen LogP contribution is 2.36. The number of nitrogens with zero attached hydrogens (tertiary/aromatic N) is 1. The number of methoxy groups -OCH3 is 1. The third-order valence-electron chi connectivity index (χ3n) is 2.38. The Morgan fingerprint density at radius 1 is 1.05 bits per heavy atom. The van der Waals surface area contributed by atoms with Crippen molar-refractivity contribution >= 4 is 43.4 Å². The first-order valence-electron chi connectivity index (χ1n) is 5.24. The van der Waals surface area contributed by atoms with Gasteiger partial charge in [-0.25, -0.2) is 8.78 Å². The monoisotopic (exact) mass is 410 g/mol. The second-order valence-electron chi connectivity index (χ2n) is 3.68. The van der Waals surface area contributed by atoms with Gasteiger partial charge in [0.25, 0.3) is 5.95 Å². The van der Waals surface area contributed by atoms with E-state index in [1.54, 1.807) is 12.1 Å². The lowest BCUT2D eigenvalue weighted by molar-refractivity contribution is 0.412. The van der Waals surface area contributed by atoms with E-state index < -0.39 is 23.4 Å². The molecule has 0 spiro atoms. The minimum Gasteiger partial charge on any atom is -0.495 e. The van der Waals surface area contributed by atoms with Gasteiger partial charge >= 0.3 is 0 Å². The topological polar surface area (TPSA) is 34.1 Å². The fourth-order valence-electron chi connectivity index (χ4n) is 1.44. The molecule has 0 unspecified atom stereocenters. The van der Waals surface area contributed by atoms with E-state index >= 15 is 0 Å². The highest BCUT2D eigenvalue weighted by molar-refractivity contribution is 9.11. The summed E-state index contributed by atoms with van der Waals surface area (Å²) >= 11 is 6.54. The van der Waals surface area contributed by atoms with Crippen LogP contribution < -0.4 is 10.1 Å². The molecule has 1 aromatic heterocycles. The SMILES string of the molecule is COc1cc(Nc2nc(F)c(F)cc2F)c(Br)cc1Br. The Balaban J connectivity index is 2.42. The molecule has 20 heavy (non-hydrogen) atoms. The van der Waals surface area contributed by atoms with Crippen LogP contribution in [0.2, 0.25) is 0 Å². The number of hydrogen-bond acceptors (Lipinski definition) is 3. The Kier molecular flexibility index (Phi) is 4.54. The van der Waals surface area contributed by atoms with E-state index in [4.69, 9.17) is 4.74 Å². The predicted molar refractivity (Wildman–Crippen MR) is 75.8 cm³/mol. The Morgan fingerprint density at radius 3 is 2.40 bits per heavy atom. The van der Waals surface area contributed by atoms with Crippen LogP contribution in [0.1, 0.15) is 0 Å². The van der Waals surface area contributed by atoms with Gasteiger partial charge in [0.15, 0.2) is 17.5 Å². The van der Waals surface area contributed by atoms with Crippen LogP contribution in [-0.4, -0.2) is 12.1 Å². The predicted octanol–water partition coefficient (Wildman–Crippen LogP) is 4.78. The fourth-order valence-corrected chi connectivity index (χ4v) is 2.70. The van der Waals surface area contributed by atoms with Gasteiger partial charge in [-0.2, -0.15) is 9.37 Å². The van der Waals surface area contributed by atoms with Crippen molar-refractivity contribution in [2.24, 2.45) is 0 Å². The zero-order chi connectivity index (χ0) is 14.9. The summed E-state index contributed by atoms with van der Waals surface area (Å²) in [5.41, 5.74) is 0.391. The van der Waals surface area contributed by atoms with Gasteiger partial charge in [0.1, 0.15) is 5.75 Å². The number of pyridine rings is 1. The summed E-state index contributed by atoms with van der Waals surface area (Å²) in [5, 5.41) is 2.57. The molecule has 2 aromatic rings. The molecule has 0 aliphatic carbocycles. The zero-order valence-corrected chi connectivity index (χ0v) is 13.1. The third kappa shape index (κ3) is 3.06. The fraction of sp³-hybridized carbons (Fsp3) is 0.0833. The molecule has 0 saturated carbocycles. The van der Waals surface area contributed by atoms with Gasteiger partial charge in [-0.1, -0.05) is 0 Å². The van der Waals surface area contributed by atoms with Crippen molar-refractivity contribution in [2.45, 2.75) is 0 Å². The van der Waals surface area contributed by atoms with Crippen LogP contribution in [-0.2, 0) is 0 Å². The number of rotatable bonds is 3. The average molecular weight is 412 g/mol. The van der Waals surface area contributed by atoms with Crippen molar-refractivity contribution in [2.75, 3.05) is 12.4 Å². The molecule has 0 aliphatic heterocycles. The standard InChI is InChI=1S/C12H7Br2F3N2O/c1-20-10-4-9(5(13)2-6(10)14)18-12-8(16)3-7(15)11(17)19-12/h2-4H,1H3,(H,18,19). The van der Waals surface area contributed by atoms with E-state index in [1.165, 1.54) is 7.11 Å². The van der Waals surface area contributed by atoms with Crippen molar-refractivity contribution in [1.82, 2.24) is 4.98 Å². The van der Waals surface area contributed by atoms with Gasteiger partial charge < -0.3 is 10.1 Å². The molecule has 0 atom stereocenters. The molecule has 3 nitrogen and oxygen atoms in total. The zero-order valence-electron chi connectivity index (χ0n) is 9.98. The van der Waals surface area contributed by atoms with Crippen molar-refractivity contribution in [3.8, 4) is 5.75 Å². The van der Waals surface area contributed by atoms with Crippen LogP contribution >= 0.6 is 31.9 Å². The van der Waals surface area contributed by atoms with E-state index in [1.807, 2.05) is 0 Å². The number of nitrogens with one attached hydrogen (secondary N) is 1. The number of benzene rings is 1. The highest BCUT2D eigenvalue weighted by Gasteiger charge is 2.14. The molecular formula is C12H7Br2F3N2O. The minimum absolute atomic E-state index is 0.391. The van der Waals surface area contributed by atoms with E-state index in [2.05, 4.69) is 42.2 Å². The number of anilines is 2. The molecule has 0 radical (unpaired) electrons. The quantitative estimate of drug-likeness (QED) is 0.738. The maximum atomic E-state index is 13.5. The van der Waals surface area contributed by atoms with Crippen LogP contribution in [0.5, 0.6) is 5.75 Å². The summed E-state index contributed by atoms with van der Waals surface area (Å²) in [6.45, 7) is 0. The molecule has 1 N–H and O–H groups in total. The highest BCUT2D eigenvalue weighted by atomic mass is 79.9. The summed E-state index contributed by atoms with van der Waals surface area (Å²) in [6.07, 6.45) is 0. The van der Waals surface area contributed by atoms with Gasteiger partial charge in [0.05, 0.1) is 17.3 Å². The van der Waals surface area contributed by atoms with Crippen molar-refractivity contribution in [1.29, 1.82) is 0 Å². The Labute approximate surface area is 129 Å². The molecule has 1 heterocycles. The minimum atomic E-state index is -1.38. The van der Waals surface area contributed by atoms with E-state index in [0.29, 0.717) is 26.4 Å². The Hall–Kier alpha value is -1.28. The second kappa shape index (κ2) is 6.01. The average Bonchev–Trinajstić information content (AvgIpc) is 2.38. The molecule has 0 fully saturated rings. The molecular weight excluding hydrogens is 405 g/mol. The van der Waals surface area contributed by atoms with Gasteiger partial charge in [0, 0.05) is 16.6 Å². The number of halogens is 5. The molecule has 0 saturated heterocycles. The van der Waals surface area contributed by atoms with Crippen molar-refractivity contribution < 1.29 is 17.9 Å². The molecule has 0 bridgehead atoms. The maximum Gasteiger partial charge on any atom is 0.251 e. The summed E-state index contributed by atoms with van der Waals surface area (Å²) in [7, 11) is 1.47. The smallest absolute Gasteiger partial charge is 0.251 e. The molecule has 2 rings (SSSR count). The largest absolute Gasteiger partial charge is 0.495 e. The molecule has 0 aliphatic rings. The number of aromatic nitrogens is 1. The van der Waals surface area contributed by atoms with E-state index in [-0.39, 0.29) is 0 Å². The van der Waals surface area contributed by atoms with Crippen LogP contribution in [0.3, 0.4) is 0 Å². The first-order chi connectivity index (χ1) is 9.42. The van der Waals surface area contributed by atoms with Gasteiger partial charge in [-0.05, 0) is 37.9 Å². The normalized spacial score (nSPS) is 10.5. The first-order valence-corrected chi connectivity index (χ1v) is 6.82. The summed E-state index contributed by atoms with van der Waals surface area (Å²) in [4.78, 5) is 3.19.